The Morgan fingerprint density at radius 1 is 1.09 bits per heavy atom. The number of methoxy groups -OCH3 is 1. The lowest BCUT2D eigenvalue weighted by molar-refractivity contribution is -0.384. The maximum Gasteiger partial charge on any atom is 0.412 e. The lowest BCUT2D eigenvalue weighted by atomic mass is 10.2. The quantitative estimate of drug-likeness (QED) is 0.677. The number of hydrogen-bond acceptors (Lipinski definition) is 5. The fraction of sp³-hybridized carbons (Fsp3) is 0.133. The van der Waals surface area contributed by atoms with Crippen molar-refractivity contribution >= 4 is 11.8 Å². The van der Waals surface area contributed by atoms with Gasteiger partial charge in [0.15, 0.2) is 0 Å². The van der Waals surface area contributed by atoms with E-state index in [1.807, 2.05) is 12.1 Å². The van der Waals surface area contributed by atoms with E-state index in [1.165, 1.54) is 24.3 Å². The van der Waals surface area contributed by atoms with E-state index < -0.39 is 11.0 Å². The van der Waals surface area contributed by atoms with E-state index in [1.54, 1.807) is 19.2 Å². The Labute approximate surface area is 126 Å². The minimum atomic E-state index is -0.635. The van der Waals surface area contributed by atoms with E-state index in [0.29, 0.717) is 6.54 Å². The highest BCUT2D eigenvalue weighted by Crippen LogP contribution is 2.17. The Balaban J connectivity index is 1.85. The van der Waals surface area contributed by atoms with Crippen LogP contribution in [-0.4, -0.2) is 18.1 Å². The molecule has 0 saturated carbocycles. The number of carbonyl (C=O) groups excluding carboxylic acids is 1. The Kier molecular flexibility index (Phi) is 4.92. The monoisotopic (exact) mass is 302 g/mol. The zero-order valence-corrected chi connectivity index (χ0v) is 11.8. The van der Waals surface area contributed by atoms with Gasteiger partial charge in [0.25, 0.3) is 5.69 Å². The molecule has 0 saturated heterocycles. The minimum absolute atomic E-state index is 0.0639. The van der Waals surface area contributed by atoms with Gasteiger partial charge in [-0.15, -0.1) is 0 Å². The lowest BCUT2D eigenvalue weighted by Gasteiger charge is -2.07. The van der Waals surface area contributed by atoms with E-state index in [0.717, 1.165) is 11.3 Å². The van der Waals surface area contributed by atoms with Crippen molar-refractivity contribution in [3.05, 3.63) is 64.2 Å². The van der Waals surface area contributed by atoms with E-state index in [2.05, 4.69) is 5.32 Å². The van der Waals surface area contributed by atoms with Gasteiger partial charge in [-0.05, 0) is 29.8 Å². The second-order valence-corrected chi connectivity index (χ2v) is 4.34. The number of amides is 1. The Morgan fingerprint density at radius 2 is 1.68 bits per heavy atom. The molecule has 114 valence electrons. The van der Waals surface area contributed by atoms with Gasteiger partial charge in [-0.3, -0.25) is 10.1 Å². The molecule has 0 radical (unpaired) electrons. The summed E-state index contributed by atoms with van der Waals surface area (Å²) in [4.78, 5) is 21.6. The van der Waals surface area contributed by atoms with E-state index in [-0.39, 0.29) is 11.4 Å². The summed E-state index contributed by atoms with van der Waals surface area (Å²) in [7, 11) is 1.58. The van der Waals surface area contributed by atoms with Crippen molar-refractivity contribution in [2.24, 2.45) is 0 Å². The molecule has 2 aromatic rings. The van der Waals surface area contributed by atoms with Gasteiger partial charge in [0.1, 0.15) is 11.5 Å². The third kappa shape index (κ3) is 4.20. The van der Waals surface area contributed by atoms with Gasteiger partial charge in [0.2, 0.25) is 0 Å². The third-order valence-corrected chi connectivity index (χ3v) is 2.85. The van der Waals surface area contributed by atoms with Crippen LogP contribution in [0.1, 0.15) is 5.56 Å². The molecule has 0 aliphatic carbocycles. The molecule has 0 fully saturated rings. The second kappa shape index (κ2) is 7.07. The Hall–Kier alpha value is -3.09. The van der Waals surface area contributed by atoms with Crippen molar-refractivity contribution in [1.29, 1.82) is 0 Å². The number of nitrogens with zero attached hydrogens (tertiary/aromatic N) is 1. The van der Waals surface area contributed by atoms with Crippen molar-refractivity contribution in [3.63, 3.8) is 0 Å². The number of non-ortho nitro benzene ring substituents is 1. The first-order chi connectivity index (χ1) is 10.6. The summed E-state index contributed by atoms with van der Waals surface area (Å²) in [6, 6.07) is 12.5. The summed E-state index contributed by atoms with van der Waals surface area (Å²) < 4.78 is 10.1. The summed E-state index contributed by atoms with van der Waals surface area (Å²) in [5.41, 5.74) is 0.826. The smallest absolute Gasteiger partial charge is 0.412 e. The molecule has 0 atom stereocenters. The van der Waals surface area contributed by atoms with Crippen LogP contribution in [0.25, 0.3) is 0 Å². The number of benzene rings is 2. The predicted molar refractivity (Wildman–Crippen MR) is 79.0 cm³/mol. The molecule has 1 amide bonds. The Morgan fingerprint density at radius 3 is 2.23 bits per heavy atom. The number of ether oxygens (including phenoxy) is 2. The maximum absolute atomic E-state index is 11.6. The lowest BCUT2D eigenvalue weighted by Crippen LogP contribution is -2.26. The first-order valence-corrected chi connectivity index (χ1v) is 6.41. The van der Waals surface area contributed by atoms with Gasteiger partial charge in [0.05, 0.1) is 12.0 Å². The second-order valence-electron chi connectivity index (χ2n) is 4.34. The summed E-state index contributed by atoms with van der Waals surface area (Å²) in [5.74, 6) is 0.968. The molecule has 0 bridgehead atoms. The van der Waals surface area contributed by atoms with E-state index in [9.17, 15) is 14.9 Å². The molecular weight excluding hydrogens is 288 g/mol. The van der Waals surface area contributed by atoms with Gasteiger partial charge in [-0.1, -0.05) is 12.1 Å². The number of rotatable bonds is 5. The molecule has 7 nitrogen and oxygen atoms in total. The van der Waals surface area contributed by atoms with Crippen molar-refractivity contribution in [1.82, 2.24) is 5.32 Å². The highest BCUT2D eigenvalue weighted by Gasteiger charge is 2.08. The summed E-state index contributed by atoms with van der Waals surface area (Å²) in [5, 5.41) is 13.1. The van der Waals surface area contributed by atoms with Crippen LogP contribution in [0, 0.1) is 10.1 Å². The molecular formula is C15H14N2O5. The summed E-state index contributed by atoms with van der Waals surface area (Å²) in [6.07, 6.45) is -0.635. The molecule has 22 heavy (non-hydrogen) atoms. The molecule has 0 aromatic heterocycles. The molecule has 2 rings (SSSR count). The van der Waals surface area contributed by atoms with Crippen molar-refractivity contribution < 1.29 is 19.2 Å². The Bertz CT molecular complexity index is 653. The van der Waals surface area contributed by atoms with Crippen molar-refractivity contribution in [2.45, 2.75) is 6.54 Å². The van der Waals surface area contributed by atoms with Gasteiger partial charge in [-0.2, -0.15) is 0 Å². The highest BCUT2D eigenvalue weighted by atomic mass is 16.6. The fourth-order valence-electron chi connectivity index (χ4n) is 1.70. The first-order valence-electron chi connectivity index (χ1n) is 6.41. The maximum atomic E-state index is 11.6. The molecule has 0 unspecified atom stereocenters. The summed E-state index contributed by atoms with van der Waals surface area (Å²) >= 11 is 0. The van der Waals surface area contributed by atoms with Gasteiger partial charge >= 0.3 is 6.09 Å². The molecule has 2 aromatic carbocycles. The normalized spacial score (nSPS) is 9.86. The standard InChI is InChI=1S/C15H14N2O5/c1-21-13-6-2-11(3-7-13)10-16-15(18)22-14-8-4-12(5-9-14)17(19)20/h2-9H,10H2,1H3,(H,16,18). The number of carbonyl (C=O) groups is 1. The zero-order valence-electron chi connectivity index (χ0n) is 11.8. The number of nitrogens with one attached hydrogen (secondary N) is 1. The topological polar surface area (TPSA) is 90.7 Å². The molecule has 1 N–H and O–H groups in total. The van der Waals surface area contributed by atoms with Crippen LogP contribution in [-0.2, 0) is 6.54 Å². The van der Waals surface area contributed by atoms with Crippen LogP contribution in [0.15, 0.2) is 48.5 Å². The molecule has 7 heteroatoms. The van der Waals surface area contributed by atoms with Crippen molar-refractivity contribution in [2.75, 3.05) is 7.11 Å². The fourth-order valence-corrected chi connectivity index (χ4v) is 1.70. The predicted octanol–water partition coefficient (Wildman–Crippen LogP) is 2.89. The van der Waals surface area contributed by atoms with Crippen LogP contribution in [0.4, 0.5) is 10.5 Å². The van der Waals surface area contributed by atoms with Crippen molar-refractivity contribution in [3.8, 4) is 11.5 Å². The SMILES string of the molecule is COc1ccc(CNC(=O)Oc2ccc([N+](=O)[O-])cc2)cc1. The van der Waals surface area contributed by atoms with Crippen LogP contribution >= 0.6 is 0 Å². The average molecular weight is 302 g/mol. The van der Waals surface area contributed by atoms with Gasteiger partial charge in [0, 0.05) is 18.7 Å². The molecule has 0 heterocycles. The first kappa shape index (κ1) is 15.3. The number of nitro groups is 1. The molecule has 0 spiro atoms. The highest BCUT2D eigenvalue weighted by molar-refractivity contribution is 5.70. The van der Waals surface area contributed by atoms with Crippen LogP contribution in [0.3, 0.4) is 0 Å². The minimum Gasteiger partial charge on any atom is -0.497 e. The van der Waals surface area contributed by atoms with E-state index >= 15 is 0 Å². The van der Waals surface area contributed by atoms with E-state index in [4.69, 9.17) is 9.47 Å². The number of nitro benzene ring substituents is 1. The van der Waals surface area contributed by atoms with Crippen LogP contribution < -0.4 is 14.8 Å². The van der Waals surface area contributed by atoms with Crippen LogP contribution in [0.5, 0.6) is 11.5 Å². The third-order valence-electron chi connectivity index (χ3n) is 2.85. The number of hydrogen-bond donors (Lipinski definition) is 1. The largest absolute Gasteiger partial charge is 0.497 e. The average Bonchev–Trinajstić information content (AvgIpc) is 2.54. The van der Waals surface area contributed by atoms with Crippen LogP contribution in [0.2, 0.25) is 0 Å². The molecule has 0 aliphatic rings. The molecule has 0 aliphatic heterocycles. The summed E-state index contributed by atoms with van der Waals surface area (Å²) in [6.45, 7) is 0.301. The van der Waals surface area contributed by atoms with Gasteiger partial charge in [-0.25, -0.2) is 4.79 Å². The van der Waals surface area contributed by atoms with Gasteiger partial charge < -0.3 is 14.8 Å². The zero-order chi connectivity index (χ0) is 15.9.